The van der Waals surface area contributed by atoms with Gasteiger partial charge < -0.3 is 0 Å². The lowest BCUT2D eigenvalue weighted by atomic mass is 9.92. The van der Waals surface area contributed by atoms with E-state index in [9.17, 15) is 0 Å². The van der Waals surface area contributed by atoms with Crippen LogP contribution in [0, 0.1) is 20.8 Å². The average molecular weight is 343 g/mol. The second-order valence-corrected chi connectivity index (χ2v) is 7.95. The normalized spacial score (nSPS) is 12.4. The van der Waals surface area contributed by atoms with Crippen LogP contribution >= 0.6 is 0 Å². The summed E-state index contributed by atoms with van der Waals surface area (Å²) in [4.78, 5) is 4.77. The Kier molecular flexibility index (Phi) is 3.95. The first-order chi connectivity index (χ1) is 12.4. The summed E-state index contributed by atoms with van der Waals surface area (Å²) in [6, 6.07) is 11.3. The zero-order chi connectivity index (χ0) is 18.6. The third-order valence-electron chi connectivity index (χ3n) is 5.76. The minimum Gasteiger partial charge on any atom is -0.257 e. The first-order valence-corrected chi connectivity index (χ1v) is 9.46. The number of pyridine rings is 2. The van der Waals surface area contributed by atoms with Gasteiger partial charge in [-0.15, -0.1) is 0 Å². The van der Waals surface area contributed by atoms with Gasteiger partial charge in [0.25, 0.3) is 0 Å². The quantitative estimate of drug-likeness (QED) is 0.458. The third kappa shape index (κ3) is 2.56. The molecular formula is C24H27N2+. The number of hydrogen-bond acceptors (Lipinski definition) is 1. The van der Waals surface area contributed by atoms with Gasteiger partial charge in [0, 0.05) is 34.9 Å². The van der Waals surface area contributed by atoms with Crippen molar-refractivity contribution in [2.45, 2.75) is 47.0 Å². The lowest BCUT2D eigenvalue weighted by molar-refractivity contribution is -0.660. The van der Waals surface area contributed by atoms with E-state index in [1.54, 1.807) is 0 Å². The lowest BCUT2D eigenvalue weighted by Gasteiger charge is -2.13. The van der Waals surface area contributed by atoms with Crippen molar-refractivity contribution in [2.24, 2.45) is 7.05 Å². The molecule has 0 N–H and O–H groups in total. The van der Waals surface area contributed by atoms with Gasteiger partial charge in [0.1, 0.15) is 7.05 Å². The molecule has 132 valence electrons. The van der Waals surface area contributed by atoms with E-state index < -0.39 is 0 Å². The molecule has 0 spiro atoms. The molecule has 2 heteroatoms. The topological polar surface area (TPSA) is 16.8 Å². The monoisotopic (exact) mass is 343 g/mol. The van der Waals surface area contributed by atoms with Crippen LogP contribution in [-0.4, -0.2) is 4.98 Å². The van der Waals surface area contributed by atoms with Gasteiger partial charge in [0.05, 0.1) is 5.69 Å². The van der Waals surface area contributed by atoms with Crippen LogP contribution in [0.2, 0.25) is 0 Å². The summed E-state index contributed by atoms with van der Waals surface area (Å²) in [5.41, 5.74) is 13.2. The number of nitrogens with zero attached hydrogens (tertiary/aromatic N) is 2. The maximum Gasteiger partial charge on any atom is 0.212 e. The SMILES string of the molecule is Cc1ccc2c(n1)Cc1c-2ccc(-c2cc(C(C)C)c(C)c[n+]2C)c1C. The van der Waals surface area contributed by atoms with E-state index in [1.807, 2.05) is 0 Å². The summed E-state index contributed by atoms with van der Waals surface area (Å²) >= 11 is 0. The van der Waals surface area contributed by atoms with Gasteiger partial charge >= 0.3 is 0 Å². The Hall–Kier alpha value is -2.48. The van der Waals surface area contributed by atoms with Crippen LogP contribution in [0.3, 0.4) is 0 Å². The van der Waals surface area contributed by atoms with Gasteiger partial charge in [-0.2, -0.15) is 0 Å². The Balaban J connectivity index is 1.88. The molecule has 2 aromatic heterocycles. The lowest BCUT2D eigenvalue weighted by Crippen LogP contribution is -2.32. The third-order valence-corrected chi connectivity index (χ3v) is 5.76. The van der Waals surface area contributed by atoms with Crippen LogP contribution in [0.15, 0.2) is 36.5 Å². The molecule has 0 atom stereocenters. The molecule has 1 aromatic carbocycles. The second kappa shape index (κ2) is 6.05. The fourth-order valence-electron chi connectivity index (χ4n) is 4.36. The van der Waals surface area contributed by atoms with Crippen molar-refractivity contribution < 1.29 is 4.57 Å². The largest absolute Gasteiger partial charge is 0.257 e. The highest BCUT2D eigenvalue weighted by molar-refractivity contribution is 5.81. The highest BCUT2D eigenvalue weighted by atomic mass is 14.9. The standard InChI is InChI=1S/C24H27N2/c1-14(2)21-12-24(26(6)13-15(21)3)18-9-10-19-20-8-7-16(4)25-23(20)11-22(19)17(18)5/h7-10,12-14H,11H2,1-6H3/q+1. The second-order valence-electron chi connectivity index (χ2n) is 7.95. The van der Waals surface area contributed by atoms with Crippen molar-refractivity contribution in [3.05, 3.63) is 70.2 Å². The Morgan fingerprint density at radius 3 is 2.38 bits per heavy atom. The van der Waals surface area contributed by atoms with E-state index in [4.69, 9.17) is 4.98 Å². The maximum atomic E-state index is 4.77. The summed E-state index contributed by atoms with van der Waals surface area (Å²) in [5.74, 6) is 0.529. The Labute approximate surface area is 156 Å². The van der Waals surface area contributed by atoms with Crippen molar-refractivity contribution in [3.63, 3.8) is 0 Å². The van der Waals surface area contributed by atoms with E-state index in [0.717, 1.165) is 12.1 Å². The molecule has 26 heavy (non-hydrogen) atoms. The van der Waals surface area contributed by atoms with Crippen molar-refractivity contribution in [1.29, 1.82) is 0 Å². The van der Waals surface area contributed by atoms with Gasteiger partial charge in [0.2, 0.25) is 5.69 Å². The first kappa shape index (κ1) is 17.0. The zero-order valence-electron chi connectivity index (χ0n) is 16.6. The van der Waals surface area contributed by atoms with E-state index >= 15 is 0 Å². The fourth-order valence-corrected chi connectivity index (χ4v) is 4.36. The van der Waals surface area contributed by atoms with E-state index in [1.165, 1.54) is 50.3 Å². The summed E-state index contributed by atoms with van der Waals surface area (Å²) in [5, 5.41) is 0. The number of hydrogen-bond donors (Lipinski definition) is 0. The Morgan fingerprint density at radius 1 is 0.962 bits per heavy atom. The molecule has 1 aliphatic carbocycles. The Bertz CT molecular complexity index is 1030. The molecule has 0 unspecified atom stereocenters. The molecule has 4 rings (SSSR count). The smallest absolute Gasteiger partial charge is 0.212 e. The molecule has 0 bridgehead atoms. The van der Waals surface area contributed by atoms with Crippen LogP contribution in [0.1, 0.15) is 53.4 Å². The average Bonchev–Trinajstić information content (AvgIpc) is 2.94. The summed E-state index contributed by atoms with van der Waals surface area (Å²) < 4.78 is 2.26. The van der Waals surface area contributed by atoms with Crippen LogP contribution < -0.4 is 4.57 Å². The molecule has 0 saturated heterocycles. The van der Waals surface area contributed by atoms with Gasteiger partial charge in [0.15, 0.2) is 6.20 Å². The highest BCUT2D eigenvalue weighted by Crippen LogP contribution is 2.40. The summed E-state index contributed by atoms with van der Waals surface area (Å²) in [7, 11) is 2.15. The van der Waals surface area contributed by atoms with E-state index in [2.05, 4.69) is 82.8 Å². The number of fused-ring (bicyclic) bond motifs is 3. The van der Waals surface area contributed by atoms with Gasteiger partial charge in [-0.25, -0.2) is 4.57 Å². The molecule has 0 amide bonds. The number of aryl methyl sites for hydroxylation is 3. The van der Waals surface area contributed by atoms with Crippen LogP contribution in [0.25, 0.3) is 22.4 Å². The first-order valence-electron chi connectivity index (χ1n) is 9.46. The van der Waals surface area contributed by atoms with Crippen molar-refractivity contribution in [3.8, 4) is 22.4 Å². The number of benzene rings is 1. The zero-order valence-corrected chi connectivity index (χ0v) is 16.6. The number of aromatic nitrogens is 2. The van der Waals surface area contributed by atoms with Gasteiger partial charge in [-0.05, 0) is 61.1 Å². The molecule has 1 aliphatic rings. The minimum absolute atomic E-state index is 0.529. The van der Waals surface area contributed by atoms with Crippen molar-refractivity contribution >= 4 is 0 Å². The molecule has 3 aromatic rings. The van der Waals surface area contributed by atoms with Gasteiger partial charge in [-0.3, -0.25) is 4.98 Å². The van der Waals surface area contributed by atoms with E-state index in [0.29, 0.717) is 5.92 Å². The van der Waals surface area contributed by atoms with Crippen LogP contribution in [0.4, 0.5) is 0 Å². The maximum absolute atomic E-state index is 4.77. The van der Waals surface area contributed by atoms with Crippen molar-refractivity contribution in [2.75, 3.05) is 0 Å². The highest BCUT2D eigenvalue weighted by Gasteiger charge is 2.25. The van der Waals surface area contributed by atoms with Gasteiger partial charge in [-0.1, -0.05) is 26.0 Å². The van der Waals surface area contributed by atoms with Crippen LogP contribution in [0.5, 0.6) is 0 Å². The fraction of sp³-hybridized carbons (Fsp3) is 0.333. The molecule has 0 radical (unpaired) electrons. The summed E-state index contributed by atoms with van der Waals surface area (Å²) in [6.07, 6.45) is 3.20. The van der Waals surface area contributed by atoms with Crippen molar-refractivity contribution in [1.82, 2.24) is 4.98 Å². The predicted molar refractivity (Wildman–Crippen MR) is 107 cm³/mol. The summed E-state index contributed by atoms with van der Waals surface area (Å²) in [6.45, 7) is 11.1. The molecule has 2 nitrogen and oxygen atoms in total. The molecule has 0 saturated carbocycles. The Morgan fingerprint density at radius 2 is 1.65 bits per heavy atom. The van der Waals surface area contributed by atoms with E-state index in [-0.39, 0.29) is 0 Å². The molecule has 0 fully saturated rings. The number of rotatable bonds is 2. The predicted octanol–water partition coefficient (Wildman–Crippen LogP) is 5.19. The minimum atomic E-state index is 0.529. The molecule has 0 aliphatic heterocycles. The van der Waals surface area contributed by atoms with Crippen LogP contribution in [-0.2, 0) is 13.5 Å². The molecule has 2 heterocycles. The molecular weight excluding hydrogens is 316 g/mol.